The lowest BCUT2D eigenvalue weighted by Gasteiger charge is -2.32. The van der Waals surface area contributed by atoms with Gasteiger partial charge in [0.15, 0.2) is 0 Å². The topological polar surface area (TPSA) is 229 Å². The lowest BCUT2D eigenvalue weighted by molar-refractivity contribution is -0.122. The van der Waals surface area contributed by atoms with E-state index in [1.54, 1.807) is 12.1 Å². The maximum atomic E-state index is 13.5. The van der Waals surface area contributed by atoms with Crippen molar-refractivity contribution in [3.8, 4) is 11.8 Å². The minimum absolute atomic E-state index is 0.0308. The van der Waals surface area contributed by atoms with E-state index in [1.807, 2.05) is 133 Å². The van der Waals surface area contributed by atoms with Crippen LogP contribution < -0.4 is 30.7 Å². The minimum atomic E-state index is -5.46. The number of ether oxygens (including phenoxy) is 5. The number of anilines is 2. The van der Waals surface area contributed by atoms with Gasteiger partial charge in [-0.05, 0) is 208 Å². The molecule has 3 fully saturated rings. The minimum Gasteiger partial charge on any atom is -0.478 e. The van der Waals surface area contributed by atoms with E-state index in [2.05, 4.69) is 21.3 Å². The maximum absolute atomic E-state index is 13.5. The highest BCUT2D eigenvalue weighted by molar-refractivity contribution is 7.90. The van der Waals surface area contributed by atoms with Crippen molar-refractivity contribution in [2.75, 3.05) is 96.2 Å². The third-order valence-electron chi connectivity index (χ3n) is 21.6. The van der Waals surface area contributed by atoms with E-state index in [4.69, 9.17) is 80.1 Å². The molecule has 8 aromatic rings. The summed E-state index contributed by atoms with van der Waals surface area (Å²) in [4.78, 5) is 35.3. The van der Waals surface area contributed by atoms with Gasteiger partial charge in [-0.15, -0.1) is 0 Å². The molecule has 1 saturated carbocycles. The third-order valence-corrected chi connectivity index (χ3v) is 25.9. The fourth-order valence-corrected chi connectivity index (χ4v) is 17.8. The molecule has 11 rings (SSSR count). The highest BCUT2D eigenvalue weighted by Crippen LogP contribution is 2.42. The molecule has 2 saturated heterocycles. The van der Waals surface area contributed by atoms with E-state index < -0.39 is 31.1 Å². The van der Waals surface area contributed by atoms with Gasteiger partial charge in [-0.1, -0.05) is 133 Å². The molecule has 2 aromatic heterocycles. The van der Waals surface area contributed by atoms with Gasteiger partial charge in [0.25, 0.3) is 0 Å². The summed E-state index contributed by atoms with van der Waals surface area (Å²) in [6, 6.07) is 45.1. The molecule has 1 aliphatic carbocycles. The van der Waals surface area contributed by atoms with Crippen LogP contribution in [-0.2, 0) is 43.8 Å². The van der Waals surface area contributed by atoms with E-state index in [9.17, 15) is 52.8 Å². The number of carbonyl (C=O) groups is 2. The van der Waals surface area contributed by atoms with Gasteiger partial charge in [-0.2, -0.15) is 35.0 Å². The van der Waals surface area contributed by atoms with Crippen molar-refractivity contribution in [3.05, 3.63) is 199 Å². The smallest absolute Gasteiger partial charge is 0.478 e. The Morgan fingerprint density at radius 1 is 0.436 bits per heavy atom. The number of unbranched alkanes of at least 4 members (excludes halogenated alkanes) is 4. The van der Waals surface area contributed by atoms with Crippen LogP contribution in [-0.4, -0.2) is 162 Å². The Bertz CT molecular complexity index is 4660. The summed E-state index contributed by atoms with van der Waals surface area (Å²) in [7, 11) is -10.9. The van der Waals surface area contributed by atoms with Crippen LogP contribution in [0.1, 0.15) is 180 Å². The van der Waals surface area contributed by atoms with E-state index in [1.165, 1.54) is 6.42 Å². The van der Waals surface area contributed by atoms with Crippen molar-refractivity contribution in [1.82, 2.24) is 29.2 Å². The quantitative estimate of drug-likeness (QED) is 0.0159. The Labute approximate surface area is 701 Å². The average Bonchev–Trinajstić information content (AvgIpc) is 0.778. The molecule has 2 aliphatic heterocycles. The van der Waals surface area contributed by atoms with Crippen LogP contribution in [0.2, 0.25) is 20.1 Å². The first-order chi connectivity index (χ1) is 56.2. The molecule has 4 N–H and O–H groups in total. The molecule has 31 heteroatoms. The highest BCUT2D eigenvalue weighted by atomic mass is 35.5. The first-order valence-corrected chi connectivity index (χ1v) is 44.8. The number of halogens is 10. The van der Waals surface area contributed by atoms with E-state index >= 15 is 0 Å². The van der Waals surface area contributed by atoms with Gasteiger partial charge in [-0.3, -0.25) is 9.59 Å². The number of sulfonamides is 2. The van der Waals surface area contributed by atoms with Crippen LogP contribution >= 0.6 is 46.4 Å². The predicted molar refractivity (Wildman–Crippen MR) is 448 cm³/mol. The second-order valence-electron chi connectivity index (χ2n) is 30.1. The molecule has 634 valence electrons. The molecule has 6 aromatic carbocycles. The molecule has 0 radical (unpaired) electrons. The Kier molecular flexibility index (Phi) is 33.9. The van der Waals surface area contributed by atoms with Crippen LogP contribution in [0.5, 0.6) is 11.8 Å². The lowest BCUT2D eigenvalue weighted by Crippen LogP contribution is -2.47. The van der Waals surface area contributed by atoms with Crippen LogP contribution in [0.3, 0.4) is 0 Å². The van der Waals surface area contributed by atoms with Gasteiger partial charge in [0.1, 0.15) is 0 Å². The molecule has 2 unspecified atom stereocenters. The Morgan fingerprint density at radius 3 is 1.22 bits per heavy atom. The number of fused-ring (bicyclic) bond motifs is 2. The van der Waals surface area contributed by atoms with Crippen molar-refractivity contribution < 1.29 is 76.5 Å². The molecule has 2 amide bonds. The zero-order chi connectivity index (χ0) is 83.0. The zero-order valence-corrected chi connectivity index (χ0v) is 69.9. The zero-order valence-electron chi connectivity index (χ0n) is 65.2. The van der Waals surface area contributed by atoms with Gasteiger partial charge < -0.3 is 45.0 Å². The van der Waals surface area contributed by atoms with Gasteiger partial charge in [0, 0.05) is 150 Å². The van der Waals surface area contributed by atoms with Gasteiger partial charge in [0.05, 0.1) is 43.6 Å². The molecule has 2 atom stereocenters. The molecule has 19 nitrogen and oxygen atoms in total. The number of benzene rings is 6. The normalized spacial score (nSPS) is 16.6. The Morgan fingerprint density at radius 2 is 0.821 bits per heavy atom. The van der Waals surface area contributed by atoms with Gasteiger partial charge in [-0.25, -0.2) is 26.8 Å². The largest absolute Gasteiger partial charge is 0.511 e. The standard InChI is InChI=1S/C86H102Cl4F6N8O11S2/c87-66-26-16-60(17-27-66)83(61-18-28-67(88)29-19-61)64-24-34-75-73(55-64)77(99-70-36-43-103(44-37-70)116(107,108)85(91,92)93)57-81(101-75)114-49-8-2-6-14-79(105)97-41-10-47-111-51-40-59-12-4-1-5-13-72(54-59)113-53-52-112-48-11-42-98-80(106)15-7-3-9-50-115-82-58-78(100-71-38-45-104(46-39-71)117(109,110)86(94,95)96)74-56-65(25-35-76(74)102-82)84(62-20-30-68(89)31-21-62)63-22-32-69(90)33-23-63/h16-35,55-59,70-72,83-84H,1-15,36-54H2,(H,97,105)(H,98,106)(H,99,101)(H,100,102). The van der Waals surface area contributed by atoms with E-state index in [0.29, 0.717) is 179 Å². The molecule has 0 spiro atoms. The summed E-state index contributed by atoms with van der Waals surface area (Å²) in [6.07, 6.45) is 14.4. The molecule has 4 heterocycles. The highest BCUT2D eigenvalue weighted by Gasteiger charge is 2.52. The summed E-state index contributed by atoms with van der Waals surface area (Å²) in [5, 5.41) is 16.9. The van der Waals surface area contributed by atoms with Crippen molar-refractivity contribution in [2.45, 2.75) is 176 Å². The summed E-state index contributed by atoms with van der Waals surface area (Å²) in [5.74, 6) is 0.624. The van der Waals surface area contributed by atoms with E-state index in [0.717, 1.165) is 95.5 Å². The van der Waals surface area contributed by atoms with Gasteiger partial charge >= 0.3 is 31.1 Å². The fourth-order valence-electron chi connectivity index (χ4n) is 15.4. The average molecular weight is 1740 g/mol. The van der Waals surface area contributed by atoms with Crippen molar-refractivity contribution in [1.29, 1.82) is 0 Å². The number of amides is 2. The summed E-state index contributed by atoms with van der Waals surface area (Å²) in [6.45, 7) is 3.07. The summed E-state index contributed by atoms with van der Waals surface area (Å²) in [5.41, 5.74) is -2.49. The number of nitrogens with zero attached hydrogens (tertiary/aromatic N) is 4. The number of aromatic nitrogens is 2. The van der Waals surface area contributed by atoms with Crippen LogP contribution in [0, 0.1) is 5.92 Å². The number of alkyl halides is 6. The fraction of sp³-hybridized carbons (Fsp3) is 0.488. The number of nitrogens with one attached hydrogen (secondary N) is 4. The maximum Gasteiger partial charge on any atom is 0.511 e. The molecule has 117 heavy (non-hydrogen) atoms. The van der Waals surface area contributed by atoms with Crippen LogP contribution in [0.25, 0.3) is 21.8 Å². The van der Waals surface area contributed by atoms with Crippen LogP contribution in [0.15, 0.2) is 146 Å². The molecular weight excluding hydrogens is 1640 g/mol. The first kappa shape index (κ1) is 90.5. The molecular formula is C86H102Cl4F6N8O11S2. The lowest BCUT2D eigenvalue weighted by atomic mass is 9.84. The SMILES string of the molecule is O=C(CCCCCOc1cc(NC2CCN(S(=O)(=O)C(F)(F)F)CC2)c2cc(C(c3ccc(Cl)cc3)c3ccc(Cl)cc3)ccc2n1)NCCCOCCOC1CCCCCC(CCOCCCNC(=O)CCCCCOc2cc(NC3CCN(S(=O)(=O)C(F)(F)F)CC3)c3cc(C(c4ccc(Cl)cc4)c4ccc(Cl)cc4)ccc3n2)C1. The summed E-state index contributed by atoms with van der Waals surface area (Å²) < 4.78 is 162. The third kappa shape index (κ3) is 26.6. The van der Waals surface area contributed by atoms with Crippen molar-refractivity contribution in [2.24, 2.45) is 5.92 Å². The number of pyridine rings is 2. The first-order valence-electron chi connectivity index (χ1n) is 40.4. The summed E-state index contributed by atoms with van der Waals surface area (Å²) >= 11 is 25.2. The van der Waals surface area contributed by atoms with Crippen molar-refractivity contribution in [3.63, 3.8) is 0 Å². The predicted octanol–water partition coefficient (Wildman–Crippen LogP) is 19.6. The van der Waals surface area contributed by atoms with Crippen LogP contribution in [0.4, 0.5) is 37.7 Å². The molecule has 0 bridgehead atoms. The number of hydrogen-bond donors (Lipinski definition) is 4. The number of piperidine rings is 2. The Hall–Kier alpha value is -7.28. The molecule has 3 aliphatic rings. The van der Waals surface area contributed by atoms with Gasteiger partial charge in [0.2, 0.25) is 23.6 Å². The monoisotopic (exact) mass is 1740 g/mol. The number of rotatable bonds is 41. The number of carbonyl (C=O) groups excluding carboxylic acids is 2. The number of hydrogen-bond acceptors (Lipinski definition) is 15. The van der Waals surface area contributed by atoms with Crippen molar-refractivity contribution >= 4 is 111 Å². The second kappa shape index (κ2) is 43.8. The second-order valence-corrected chi connectivity index (χ2v) is 35.8. The Balaban J connectivity index is 0.538. The van der Waals surface area contributed by atoms with E-state index in [-0.39, 0.29) is 93.7 Å².